The molecule has 264 valence electrons. The fourth-order valence-corrected chi connectivity index (χ4v) is 7.19. The summed E-state index contributed by atoms with van der Waals surface area (Å²) in [4.78, 5) is 14.5. The standard InChI is InChI=1S/C44H58O4S/c1-3-5-6-7-8-9-10-11-12-13-14-15-16-17-18-24-31-46-34-38(48-43(45)4-2)35-47-44-41-28-23-22-25-36(41)32-37-29-30-40(33-42(37)44)49-39-26-20-19-21-27-39/h4,19-23,25-30,32-33,38H,2-3,5-18,24,31,34-35H2,1H3. The molecular formula is C44H58O4S. The van der Waals surface area contributed by atoms with Crippen LogP contribution in [0.5, 0.6) is 5.75 Å². The van der Waals surface area contributed by atoms with Gasteiger partial charge in [0.25, 0.3) is 0 Å². The van der Waals surface area contributed by atoms with Gasteiger partial charge in [-0.3, -0.25) is 0 Å². The van der Waals surface area contributed by atoms with Gasteiger partial charge >= 0.3 is 5.97 Å². The Hall–Kier alpha value is -3.28. The van der Waals surface area contributed by atoms with E-state index < -0.39 is 12.1 Å². The molecule has 0 heterocycles. The molecule has 0 bridgehead atoms. The van der Waals surface area contributed by atoms with Gasteiger partial charge < -0.3 is 14.2 Å². The highest BCUT2D eigenvalue weighted by Gasteiger charge is 2.17. The second-order valence-corrected chi connectivity index (χ2v) is 14.3. The average molecular weight is 683 g/mol. The molecule has 0 aromatic heterocycles. The average Bonchev–Trinajstić information content (AvgIpc) is 3.13. The van der Waals surface area contributed by atoms with Gasteiger partial charge in [-0.25, -0.2) is 4.79 Å². The Labute approximate surface area is 300 Å². The van der Waals surface area contributed by atoms with Gasteiger partial charge in [-0.15, -0.1) is 0 Å². The first-order chi connectivity index (χ1) is 24.2. The molecule has 49 heavy (non-hydrogen) atoms. The Morgan fingerprint density at radius 1 is 0.653 bits per heavy atom. The third kappa shape index (κ3) is 14.2. The maximum Gasteiger partial charge on any atom is 0.330 e. The fraction of sp³-hybridized carbons (Fsp3) is 0.477. The van der Waals surface area contributed by atoms with Gasteiger partial charge in [0, 0.05) is 33.2 Å². The van der Waals surface area contributed by atoms with Crippen LogP contribution >= 0.6 is 11.8 Å². The van der Waals surface area contributed by atoms with Crippen LogP contribution in [0, 0.1) is 0 Å². The van der Waals surface area contributed by atoms with Crippen molar-refractivity contribution in [2.45, 2.75) is 126 Å². The van der Waals surface area contributed by atoms with Gasteiger partial charge in [0.1, 0.15) is 12.4 Å². The number of esters is 1. The van der Waals surface area contributed by atoms with E-state index in [-0.39, 0.29) is 13.2 Å². The molecule has 0 fully saturated rings. The molecule has 0 aliphatic carbocycles. The number of carbonyl (C=O) groups is 1. The van der Waals surface area contributed by atoms with Gasteiger partial charge in [0.2, 0.25) is 0 Å². The molecule has 0 radical (unpaired) electrons. The summed E-state index contributed by atoms with van der Waals surface area (Å²) >= 11 is 1.73. The number of hydrogen-bond acceptors (Lipinski definition) is 5. The van der Waals surface area contributed by atoms with E-state index in [9.17, 15) is 4.79 Å². The van der Waals surface area contributed by atoms with Crippen molar-refractivity contribution in [3.05, 3.63) is 91.5 Å². The number of fused-ring (bicyclic) bond motifs is 2. The van der Waals surface area contributed by atoms with Gasteiger partial charge in [-0.05, 0) is 47.5 Å². The second kappa shape index (κ2) is 23.2. The lowest BCUT2D eigenvalue weighted by Gasteiger charge is -2.20. The van der Waals surface area contributed by atoms with Crippen molar-refractivity contribution in [1.82, 2.24) is 0 Å². The van der Waals surface area contributed by atoms with Crippen molar-refractivity contribution in [2.24, 2.45) is 0 Å². The topological polar surface area (TPSA) is 44.8 Å². The van der Waals surface area contributed by atoms with Gasteiger partial charge in [-0.2, -0.15) is 0 Å². The normalized spacial score (nSPS) is 11.9. The predicted octanol–water partition coefficient (Wildman–Crippen LogP) is 12.9. The van der Waals surface area contributed by atoms with Crippen LogP contribution < -0.4 is 4.74 Å². The van der Waals surface area contributed by atoms with E-state index in [2.05, 4.69) is 74.2 Å². The molecule has 4 nitrogen and oxygen atoms in total. The number of rotatable bonds is 26. The molecule has 0 spiro atoms. The third-order valence-electron chi connectivity index (χ3n) is 9.07. The molecule has 4 aromatic carbocycles. The molecule has 1 unspecified atom stereocenters. The highest BCUT2D eigenvalue weighted by atomic mass is 32.2. The minimum atomic E-state index is -0.539. The largest absolute Gasteiger partial charge is 0.488 e. The van der Waals surface area contributed by atoms with Crippen molar-refractivity contribution in [3.63, 3.8) is 0 Å². The summed E-state index contributed by atoms with van der Waals surface area (Å²) in [5.74, 6) is 0.324. The van der Waals surface area contributed by atoms with Crippen molar-refractivity contribution in [2.75, 3.05) is 19.8 Å². The predicted molar refractivity (Wildman–Crippen MR) is 208 cm³/mol. The van der Waals surface area contributed by atoms with Gasteiger partial charge in [0.15, 0.2) is 6.10 Å². The first kappa shape index (κ1) is 38.5. The van der Waals surface area contributed by atoms with Crippen LogP contribution in [-0.2, 0) is 14.3 Å². The van der Waals surface area contributed by atoms with Crippen LogP contribution in [0.3, 0.4) is 0 Å². The number of hydrogen-bond donors (Lipinski definition) is 0. The Kier molecular flexibility index (Phi) is 18.2. The van der Waals surface area contributed by atoms with Crippen LogP contribution in [0.2, 0.25) is 0 Å². The SMILES string of the molecule is C=CC(=O)OC(COCCCCCCCCCCCCCCCCCC)COc1c2ccccc2cc2ccc(Sc3ccccc3)cc12. The Bertz CT molecular complexity index is 1520. The van der Waals surface area contributed by atoms with Crippen molar-refractivity contribution in [3.8, 4) is 5.75 Å². The maximum absolute atomic E-state index is 12.2. The molecule has 0 saturated heterocycles. The summed E-state index contributed by atoms with van der Waals surface area (Å²) < 4.78 is 18.2. The smallest absolute Gasteiger partial charge is 0.330 e. The van der Waals surface area contributed by atoms with Gasteiger partial charge in [-0.1, -0.05) is 170 Å². The second-order valence-electron chi connectivity index (χ2n) is 13.2. The first-order valence-corrected chi connectivity index (χ1v) is 19.7. The van der Waals surface area contributed by atoms with Crippen molar-refractivity contribution < 1.29 is 19.0 Å². The molecule has 0 aliphatic heterocycles. The highest BCUT2D eigenvalue weighted by Crippen LogP contribution is 2.38. The van der Waals surface area contributed by atoms with Crippen LogP contribution in [-0.4, -0.2) is 31.9 Å². The van der Waals surface area contributed by atoms with Crippen LogP contribution in [0.1, 0.15) is 110 Å². The summed E-state index contributed by atoms with van der Waals surface area (Å²) in [5.41, 5.74) is 0. The lowest BCUT2D eigenvalue weighted by molar-refractivity contribution is -0.148. The quantitative estimate of drug-likeness (QED) is 0.0285. The summed E-state index contributed by atoms with van der Waals surface area (Å²) in [6.07, 6.45) is 22.1. The van der Waals surface area contributed by atoms with Crippen molar-refractivity contribution in [1.29, 1.82) is 0 Å². The molecule has 4 aromatic rings. The fourth-order valence-electron chi connectivity index (χ4n) is 6.32. The monoisotopic (exact) mass is 682 g/mol. The molecule has 0 amide bonds. The number of unbranched alkanes of at least 4 members (excludes halogenated alkanes) is 15. The zero-order valence-corrected chi connectivity index (χ0v) is 30.7. The Balaban J connectivity index is 1.20. The van der Waals surface area contributed by atoms with E-state index in [4.69, 9.17) is 14.2 Å². The summed E-state index contributed by atoms with van der Waals surface area (Å²) in [6, 6.07) is 27.3. The highest BCUT2D eigenvalue weighted by molar-refractivity contribution is 7.99. The lowest BCUT2D eigenvalue weighted by Crippen LogP contribution is -2.29. The van der Waals surface area contributed by atoms with Crippen LogP contribution in [0.4, 0.5) is 0 Å². The summed E-state index contributed by atoms with van der Waals surface area (Å²) in [5, 5.41) is 4.26. The van der Waals surface area contributed by atoms with E-state index in [1.165, 1.54) is 101 Å². The van der Waals surface area contributed by atoms with Crippen molar-refractivity contribution >= 4 is 39.3 Å². The third-order valence-corrected chi connectivity index (χ3v) is 10.1. The number of benzene rings is 4. The van der Waals surface area contributed by atoms with E-state index in [0.29, 0.717) is 6.61 Å². The molecule has 0 aliphatic rings. The number of ether oxygens (including phenoxy) is 3. The zero-order chi connectivity index (χ0) is 34.4. The summed E-state index contributed by atoms with van der Waals surface area (Å²) in [7, 11) is 0. The van der Waals surface area contributed by atoms with E-state index in [0.717, 1.165) is 45.0 Å². The minimum Gasteiger partial charge on any atom is -0.488 e. The van der Waals surface area contributed by atoms with E-state index in [1.807, 2.05) is 18.2 Å². The van der Waals surface area contributed by atoms with E-state index in [1.54, 1.807) is 11.8 Å². The Morgan fingerprint density at radius 3 is 1.90 bits per heavy atom. The molecular weight excluding hydrogens is 625 g/mol. The maximum atomic E-state index is 12.2. The molecule has 5 heteroatoms. The lowest BCUT2D eigenvalue weighted by atomic mass is 10.0. The molecule has 1 atom stereocenters. The summed E-state index contributed by atoms with van der Waals surface area (Å²) in [6.45, 7) is 7.00. The molecule has 0 saturated carbocycles. The van der Waals surface area contributed by atoms with E-state index >= 15 is 0 Å². The van der Waals surface area contributed by atoms with Gasteiger partial charge in [0.05, 0.1) is 6.61 Å². The Morgan fingerprint density at radius 2 is 1.24 bits per heavy atom. The first-order valence-electron chi connectivity index (χ1n) is 18.9. The molecule has 4 rings (SSSR count). The number of carbonyl (C=O) groups excluding carboxylic acids is 1. The molecule has 0 N–H and O–H groups in total. The van der Waals surface area contributed by atoms with Crippen LogP contribution in [0.25, 0.3) is 21.5 Å². The zero-order valence-electron chi connectivity index (χ0n) is 29.8. The minimum absolute atomic E-state index is 0.192. The van der Waals surface area contributed by atoms with Crippen LogP contribution in [0.15, 0.2) is 101 Å².